The molecule has 0 aliphatic heterocycles. The van der Waals surface area contributed by atoms with E-state index in [9.17, 15) is 4.79 Å². The first-order chi connectivity index (χ1) is 12.2. The molecule has 5 rings (SSSR count). The van der Waals surface area contributed by atoms with Crippen molar-refractivity contribution in [3.8, 4) is 0 Å². The number of nitrogens with one attached hydrogen (secondary N) is 2. The molecule has 0 atom stereocenters. The number of hydrogen-bond donors (Lipinski definition) is 2. The van der Waals surface area contributed by atoms with Crippen LogP contribution in [0.15, 0.2) is 30.3 Å². The van der Waals surface area contributed by atoms with Crippen LogP contribution in [0.3, 0.4) is 0 Å². The van der Waals surface area contributed by atoms with Gasteiger partial charge in [0.25, 0.3) is 0 Å². The van der Waals surface area contributed by atoms with Crippen LogP contribution >= 0.6 is 0 Å². The van der Waals surface area contributed by atoms with Crippen LogP contribution in [0.4, 0.5) is 10.5 Å². The Labute approximate surface area is 151 Å². The molecule has 0 unspecified atom stereocenters. The van der Waals surface area contributed by atoms with Gasteiger partial charge in [-0.25, -0.2) is 4.79 Å². The monoisotopic (exact) mass is 341 g/mol. The lowest BCUT2D eigenvalue weighted by atomic mass is 9.53. The third kappa shape index (κ3) is 3.63. The van der Waals surface area contributed by atoms with E-state index in [0.29, 0.717) is 6.54 Å². The van der Waals surface area contributed by atoms with E-state index < -0.39 is 0 Å². The SMILES string of the molecule is CCN(CCNC(=O)NC12CC3CC(CC(C3)C1)C2)c1ccccc1. The van der Waals surface area contributed by atoms with Crippen molar-refractivity contribution in [2.45, 2.75) is 51.0 Å². The lowest BCUT2D eigenvalue weighted by molar-refractivity contribution is -0.0135. The lowest BCUT2D eigenvalue weighted by Crippen LogP contribution is -2.61. The Morgan fingerprint density at radius 3 is 2.24 bits per heavy atom. The first-order valence-corrected chi connectivity index (χ1v) is 10.0. The molecule has 4 saturated carbocycles. The van der Waals surface area contributed by atoms with Crippen LogP contribution in [0, 0.1) is 17.8 Å². The minimum absolute atomic E-state index is 0.0334. The van der Waals surface area contributed by atoms with Gasteiger partial charge in [0.05, 0.1) is 0 Å². The fourth-order valence-corrected chi connectivity index (χ4v) is 5.96. The number of anilines is 1. The third-order valence-corrected chi connectivity index (χ3v) is 6.59. The van der Waals surface area contributed by atoms with Crippen molar-refractivity contribution in [2.24, 2.45) is 17.8 Å². The first kappa shape index (κ1) is 16.7. The van der Waals surface area contributed by atoms with Crippen molar-refractivity contribution < 1.29 is 4.79 Å². The Kier molecular flexibility index (Phi) is 4.61. The summed E-state index contributed by atoms with van der Waals surface area (Å²) in [5.41, 5.74) is 1.32. The second-order valence-corrected chi connectivity index (χ2v) is 8.49. The quantitative estimate of drug-likeness (QED) is 0.827. The molecule has 1 aromatic rings. The summed E-state index contributed by atoms with van der Waals surface area (Å²) in [5, 5.41) is 6.49. The summed E-state index contributed by atoms with van der Waals surface area (Å²) in [6.45, 7) is 4.63. The van der Waals surface area contributed by atoms with Gasteiger partial charge in [0.15, 0.2) is 0 Å². The van der Waals surface area contributed by atoms with E-state index in [0.717, 1.165) is 30.8 Å². The summed E-state index contributed by atoms with van der Waals surface area (Å²) in [6.07, 6.45) is 7.84. The van der Waals surface area contributed by atoms with Gasteiger partial charge in [0.1, 0.15) is 0 Å². The van der Waals surface area contributed by atoms with Crippen molar-refractivity contribution in [1.29, 1.82) is 0 Å². The summed E-state index contributed by atoms with van der Waals surface area (Å²) in [4.78, 5) is 14.8. The molecule has 0 saturated heterocycles. The zero-order valence-electron chi connectivity index (χ0n) is 15.3. The molecule has 2 N–H and O–H groups in total. The number of carbonyl (C=O) groups is 1. The molecule has 4 heteroatoms. The van der Waals surface area contributed by atoms with E-state index in [1.807, 2.05) is 6.07 Å². The van der Waals surface area contributed by atoms with Crippen LogP contribution < -0.4 is 15.5 Å². The molecule has 0 radical (unpaired) electrons. The Morgan fingerprint density at radius 1 is 1.08 bits per heavy atom. The van der Waals surface area contributed by atoms with Gasteiger partial charge >= 0.3 is 6.03 Å². The molecule has 136 valence electrons. The van der Waals surface area contributed by atoms with Gasteiger partial charge in [0, 0.05) is 30.9 Å². The number of carbonyl (C=O) groups excluding carboxylic acids is 1. The van der Waals surface area contributed by atoms with Crippen LogP contribution in [0.2, 0.25) is 0 Å². The smallest absolute Gasteiger partial charge is 0.315 e. The van der Waals surface area contributed by atoms with Gasteiger partial charge in [0.2, 0.25) is 0 Å². The summed E-state index contributed by atoms with van der Waals surface area (Å²) in [6, 6.07) is 10.4. The molecule has 25 heavy (non-hydrogen) atoms. The Hall–Kier alpha value is -1.71. The molecular weight excluding hydrogens is 310 g/mol. The largest absolute Gasteiger partial charge is 0.370 e. The highest BCUT2D eigenvalue weighted by Crippen LogP contribution is 2.55. The number of amides is 2. The summed E-state index contributed by atoms with van der Waals surface area (Å²) < 4.78 is 0. The van der Waals surface area contributed by atoms with E-state index in [1.165, 1.54) is 44.2 Å². The molecule has 2 amide bonds. The number of para-hydroxylation sites is 1. The van der Waals surface area contributed by atoms with E-state index in [4.69, 9.17) is 0 Å². The van der Waals surface area contributed by atoms with E-state index in [-0.39, 0.29) is 11.6 Å². The highest BCUT2D eigenvalue weighted by atomic mass is 16.2. The number of hydrogen-bond acceptors (Lipinski definition) is 2. The predicted molar refractivity (Wildman–Crippen MR) is 102 cm³/mol. The van der Waals surface area contributed by atoms with Crippen LogP contribution in [-0.2, 0) is 0 Å². The maximum Gasteiger partial charge on any atom is 0.315 e. The normalized spacial score (nSPS) is 32.4. The molecule has 0 spiro atoms. The fourth-order valence-electron chi connectivity index (χ4n) is 5.96. The van der Waals surface area contributed by atoms with E-state index in [1.54, 1.807) is 0 Å². The average molecular weight is 341 g/mol. The molecule has 4 bridgehead atoms. The van der Waals surface area contributed by atoms with Gasteiger partial charge in [-0.15, -0.1) is 0 Å². The third-order valence-electron chi connectivity index (χ3n) is 6.59. The fraction of sp³-hybridized carbons (Fsp3) is 0.667. The molecule has 4 aliphatic carbocycles. The van der Waals surface area contributed by atoms with Crippen LogP contribution in [0.1, 0.15) is 45.4 Å². The molecule has 0 heterocycles. The highest BCUT2D eigenvalue weighted by molar-refractivity contribution is 5.75. The molecule has 4 aliphatic rings. The van der Waals surface area contributed by atoms with Gasteiger partial charge in [-0.2, -0.15) is 0 Å². The maximum atomic E-state index is 12.5. The van der Waals surface area contributed by atoms with Gasteiger partial charge in [-0.1, -0.05) is 18.2 Å². The summed E-state index contributed by atoms with van der Waals surface area (Å²) >= 11 is 0. The van der Waals surface area contributed by atoms with Crippen molar-refractivity contribution in [2.75, 3.05) is 24.5 Å². The molecule has 0 aromatic heterocycles. The van der Waals surface area contributed by atoms with Gasteiger partial charge in [-0.3, -0.25) is 0 Å². The van der Waals surface area contributed by atoms with Gasteiger partial charge in [-0.05, 0) is 75.3 Å². The second kappa shape index (κ2) is 6.89. The number of urea groups is 1. The zero-order valence-corrected chi connectivity index (χ0v) is 15.3. The number of rotatable bonds is 6. The molecule has 1 aromatic carbocycles. The van der Waals surface area contributed by atoms with Crippen molar-refractivity contribution >= 4 is 11.7 Å². The zero-order chi connectivity index (χ0) is 17.3. The second-order valence-electron chi connectivity index (χ2n) is 8.49. The van der Waals surface area contributed by atoms with E-state index >= 15 is 0 Å². The van der Waals surface area contributed by atoms with Crippen LogP contribution in [-0.4, -0.2) is 31.2 Å². The number of benzene rings is 1. The van der Waals surface area contributed by atoms with Gasteiger partial charge < -0.3 is 15.5 Å². The lowest BCUT2D eigenvalue weighted by Gasteiger charge is -2.56. The average Bonchev–Trinajstić information content (AvgIpc) is 2.58. The van der Waals surface area contributed by atoms with Crippen molar-refractivity contribution in [3.63, 3.8) is 0 Å². The standard InChI is InChI=1S/C21H31N3O/c1-2-24(19-6-4-3-5-7-19)9-8-22-20(25)23-21-13-16-10-17(14-21)12-18(11-16)15-21/h3-7,16-18H,2,8-15H2,1H3,(H2,22,23,25). The maximum absolute atomic E-state index is 12.5. The highest BCUT2D eigenvalue weighted by Gasteiger charge is 2.51. The van der Waals surface area contributed by atoms with E-state index in [2.05, 4.69) is 46.7 Å². The minimum Gasteiger partial charge on any atom is -0.370 e. The number of nitrogens with zero attached hydrogens (tertiary/aromatic N) is 1. The Balaban J connectivity index is 1.27. The van der Waals surface area contributed by atoms with Crippen LogP contribution in [0.25, 0.3) is 0 Å². The summed E-state index contributed by atoms with van der Waals surface area (Å²) in [5.74, 6) is 2.58. The van der Waals surface area contributed by atoms with Crippen molar-refractivity contribution in [3.05, 3.63) is 30.3 Å². The topological polar surface area (TPSA) is 44.4 Å². The predicted octanol–water partition coefficient (Wildman–Crippen LogP) is 3.78. The number of likely N-dealkylation sites (N-methyl/N-ethyl adjacent to an activating group) is 1. The Morgan fingerprint density at radius 2 is 1.68 bits per heavy atom. The van der Waals surface area contributed by atoms with Crippen molar-refractivity contribution in [1.82, 2.24) is 10.6 Å². The molecular formula is C21H31N3O. The minimum atomic E-state index is 0.0334. The first-order valence-electron chi connectivity index (χ1n) is 10.0. The molecule has 4 fully saturated rings. The summed E-state index contributed by atoms with van der Waals surface area (Å²) in [7, 11) is 0. The van der Waals surface area contributed by atoms with Crippen LogP contribution in [0.5, 0.6) is 0 Å². The Bertz CT molecular complexity index is 565. The molecule has 4 nitrogen and oxygen atoms in total.